The van der Waals surface area contributed by atoms with E-state index in [4.69, 9.17) is 4.74 Å². The highest BCUT2D eigenvalue weighted by atomic mass is 16.5. The van der Waals surface area contributed by atoms with E-state index in [9.17, 15) is 0 Å². The molecule has 0 saturated carbocycles. The predicted molar refractivity (Wildman–Crippen MR) is 42.4 cm³/mol. The van der Waals surface area contributed by atoms with Crippen LogP contribution in [0.2, 0.25) is 0 Å². The van der Waals surface area contributed by atoms with E-state index in [1.807, 2.05) is 6.92 Å². The van der Waals surface area contributed by atoms with Crippen molar-refractivity contribution in [1.29, 1.82) is 0 Å². The second-order valence-corrected chi connectivity index (χ2v) is 2.57. The SMILES string of the molecule is CCNN[C@@H](OC)C(C)C. The van der Waals surface area contributed by atoms with E-state index in [1.54, 1.807) is 7.11 Å². The molecule has 3 nitrogen and oxygen atoms in total. The molecular formula is C7H18N2O. The lowest BCUT2D eigenvalue weighted by molar-refractivity contribution is 0.0260. The van der Waals surface area contributed by atoms with Crippen molar-refractivity contribution in [3.05, 3.63) is 0 Å². The van der Waals surface area contributed by atoms with Crippen molar-refractivity contribution in [1.82, 2.24) is 10.9 Å². The highest BCUT2D eigenvalue weighted by Gasteiger charge is 2.08. The Kier molecular flexibility index (Phi) is 5.58. The van der Waals surface area contributed by atoms with Crippen LogP contribution in [0.25, 0.3) is 0 Å². The Hall–Kier alpha value is -0.120. The average molecular weight is 146 g/mol. The van der Waals surface area contributed by atoms with E-state index < -0.39 is 0 Å². The first kappa shape index (κ1) is 9.88. The monoisotopic (exact) mass is 146 g/mol. The fourth-order valence-electron chi connectivity index (χ4n) is 0.700. The molecule has 10 heavy (non-hydrogen) atoms. The number of rotatable bonds is 5. The van der Waals surface area contributed by atoms with Crippen LogP contribution >= 0.6 is 0 Å². The number of hydrogen-bond acceptors (Lipinski definition) is 3. The molecule has 0 fully saturated rings. The summed E-state index contributed by atoms with van der Waals surface area (Å²) < 4.78 is 5.14. The fraction of sp³-hybridized carbons (Fsp3) is 1.00. The topological polar surface area (TPSA) is 33.3 Å². The molecular weight excluding hydrogens is 128 g/mol. The summed E-state index contributed by atoms with van der Waals surface area (Å²) in [5, 5.41) is 0. The highest BCUT2D eigenvalue weighted by Crippen LogP contribution is 1.99. The first-order chi connectivity index (χ1) is 4.72. The van der Waals surface area contributed by atoms with Crippen molar-refractivity contribution >= 4 is 0 Å². The van der Waals surface area contributed by atoms with Gasteiger partial charge in [-0.2, -0.15) is 0 Å². The summed E-state index contributed by atoms with van der Waals surface area (Å²) in [6.07, 6.45) is 0.111. The summed E-state index contributed by atoms with van der Waals surface area (Å²) in [6.45, 7) is 7.17. The molecule has 0 heterocycles. The van der Waals surface area contributed by atoms with E-state index in [0.29, 0.717) is 5.92 Å². The van der Waals surface area contributed by atoms with Gasteiger partial charge in [-0.3, -0.25) is 5.43 Å². The number of hydrazine groups is 1. The number of ether oxygens (including phenoxy) is 1. The summed E-state index contributed by atoms with van der Waals surface area (Å²) in [4.78, 5) is 0. The van der Waals surface area contributed by atoms with Crippen molar-refractivity contribution < 1.29 is 4.74 Å². The van der Waals surface area contributed by atoms with Crippen LogP contribution in [0, 0.1) is 5.92 Å². The number of methoxy groups -OCH3 is 1. The lowest BCUT2D eigenvalue weighted by Crippen LogP contribution is -2.44. The summed E-state index contributed by atoms with van der Waals surface area (Å²) in [5.74, 6) is 0.490. The molecule has 0 spiro atoms. The van der Waals surface area contributed by atoms with Crippen molar-refractivity contribution in [3.63, 3.8) is 0 Å². The van der Waals surface area contributed by atoms with Crippen LogP contribution in [-0.2, 0) is 4.74 Å². The van der Waals surface area contributed by atoms with Crippen LogP contribution in [-0.4, -0.2) is 19.9 Å². The zero-order chi connectivity index (χ0) is 7.98. The third-order valence-electron chi connectivity index (χ3n) is 1.28. The normalized spacial score (nSPS) is 14.1. The van der Waals surface area contributed by atoms with Crippen molar-refractivity contribution in [2.24, 2.45) is 5.92 Å². The smallest absolute Gasteiger partial charge is 0.122 e. The molecule has 0 aliphatic heterocycles. The van der Waals surface area contributed by atoms with Crippen LogP contribution in [0.4, 0.5) is 0 Å². The maximum absolute atomic E-state index is 5.14. The maximum Gasteiger partial charge on any atom is 0.122 e. The summed E-state index contributed by atoms with van der Waals surface area (Å²) >= 11 is 0. The van der Waals surface area contributed by atoms with Gasteiger partial charge in [0.25, 0.3) is 0 Å². The lowest BCUT2D eigenvalue weighted by atomic mass is 10.2. The predicted octanol–water partition coefficient (Wildman–Crippen LogP) is 0.729. The van der Waals surface area contributed by atoms with Crippen LogP contribution < -0.4 is 10.9 Å². The molecule has 1 atom stereocenters. The van der Waals surface area contributed by atoms with E-state index in [1.165, 1.54) is 0 Å². The minimum absolute atomic E-state index is 0.111. The van der Waals surface area contributed by atoms with Gasteiger partial charge >= 0.3 is 0 Å². The van der Waals surface area contributed by atoms with Gasteiger partial charge in [-0.05, 0) is 5.92 Å². The Morgan fingerprint density at radius 3 is 2.30 bits per heavy atom. The third-order valence-corrected chi connectivity index (χ3v) is 1.28. The molecule has 0 aromatic carbocycles. The molecule has 0 aromatic heterocycles. The Bertz CT molecular complexity index is 76.0. The summed E-state index contributed by atoms with van der Waals surface area (Å²) in [5.41, 5.74) is 6.05. The summed E-state index contributed by atoms with van der Waals surface area (Å²) in [7, 11) is 1.70. The minimum Gasteiger partial charge on any atom is -0.365 e. The largest absolute Gasteiger partial charge is 0.365 e. The molecule has 0 radical (unpaired) electrons. The molecule has 3 heteroatoms. The van der Waals surface area contributed by atoms with Gasteiger partial charge in [0.2, 0.25) is 0 Å². The van der Waals surface area contributed by atoms with Gasteiger partial charge < -0.3 is 4.74 Å². The van der Waals surface area contributed by atoms with Crippen LogP contribution in [0.3, 0.4) is 0 Å². The molecule has 0 aliphatic rings. The van der Waals surface area contributed by atoms with Gasteiger partial charge in [-0.1, -0.05) is 20.8 Å². The van der Waals surface area contributed by atoms with Gasteiger partial charge in [0.1, 0.15) is 6.23 Å². The highest BCUT2D eigenvalue weighted by molar-refractivity contribution is 4.54. The second kappa shape index (κ2) is 5.65. The minimum atomic E-state index is 0.111. The fourth-order valence-corrected chi connectivity index (χ4v) is 0.700. The average Bonchev–Trinajstić information content (AvgIpc) is 1.89. The van der Waals surface area contributed by atoms with Gasteiger partial charge in [0, 0.05) is 13.7 Å². The second-order valence-electron chi connectivity index (χ2n) is 2.57. The van der Waals surface area contributed by atoms with Gasteiger partial charge in [-0.15, -0.1) is 0 Å². The molecule has 0 aromatic rings. The van der Waals surface area contributed by atoms with E-state index in [-0.39, 0.29) is 6.23 Å². The molecule has 0 bridgehead atoms. The number of nitrogens with one attached hydrogen (secondary N) is 2. The summed E-state index contributed by atoms with van der Waals surface area (Å²) in [6, 6.07) is 0. The Balaban J connectivity index is 3.40. The van der Waals surface area contributed by atoms with E-state index >= 15 is 0 Å². The molecule has 0 saturated heterocycles. The Morgan fingerprint density at radius 2 is 2.00 bits per heavy atom. The lowest BCUT2D eigenvalue weighted by Gasteiger charge is -2.20. The van der Waals surface area contributed by atoms with Crippen molar-refractivity contribution in [2.45, 2.75) is 27.0 Å². The zero-order valence-electron chi connectivity index (χ0n) is 7.27. The first-order valence-corrected chi connectivity index (χ1v) is 3.73. The number of hydrogen-bond donors (Lipinski definition) is 2. The van der Waals surface area contributed by atoms with Crippen LogP contribution in [0.1, 0.15) is 20.8 Å². The first-order valence-electron chi connectivity index (χ1n) is 3.73. The van der Waals surface area contributed by atoms with Crippen molar-refractivity contribution in [2.75, 3.05) is 13.7 Å². The Morgan fingerprint density at radius 1 is 1.40 bits per heavy atom. The van der Waals surface area contributed by atoms with Gasteiger partial charge in [-0.25, -0.2) is 5.43 Å². The van der Waals surface area contributed by atoms with Crippen LogP contribution in [0.15, 0.2) is 0 Å². The Labute approximate surface area is 63.1 Å². The van der Waals surface area contributed by atoms with E-state index in [2.05, 4.69) is 24.7 Å². The molecule has 0 aliphatic carbocycles. The van der Waals surface area contributed by atoms with Gasteiger partial charge in [0.05, 0.1) is 0 Å². The quantitative estimate of drug-likeness (QED) is 0.443. The van der Waals surface area contributed by atoms with E-state index in [0.717, 1.165) is 6.54 Å². The third kappa shape index (κ3) is 3.82. The molecule has 0 unspecified atom stereocenters. The standard InChI is InChI=1S/C7H18N2O/c1-5-8-9-7(10-4)6(2)3/h6-9H,5H2,1-4H3/t7-/m0/s1. The zero-order valence-corrected chi connectivity index (χ0v) is 7.27. The van der Waals surface area contributed by atoms with Crippen molar-refractivity contribution in [3.8, 4) is 0 Å². The molecule has 0 amide bonds. The molecule has 0 rings (SSSR count). The van der Waals surface area contributed by atoms with Gasteiger partial charge in [0.15, 0.2) is 0 Å². The van der Waals surface area contributed by atoms with Crippen LogP contribution in [0.5, 0.6) is 0 Å². The molecule has 62 valence electrons. The molecule has 2 N–H and O–H groups in total. The maximum atomic E-state index is 5.14.